The van der Waals surface area contributed by atoms with Crippen LogP contribution in [0.5, 0.6) is 11.5 Å². The molecule has 2 atom stereocenters. The summed E-state index contributed by atoms with van der Waals surface area (Å²) >= 11 is 0. The van der Waals surface area contributed by atoms with E-state index in [1.54, 1.807) is 50.6 Å². The second kappa shape index (κ2) is 9.00. The summed E-state index contributed by atoms with van der Waals surface area (Å²) in [5.74, 6) is 1.14. The summed E-state index contributed by atoms with van der Waals surface area (Å²) < 4.78 is 60.4. The van der Waals surface area contributed by atoms with Gasteiger partial charge in [0, 0.05) is 6.54 Å². The normalized spacial score (nSPS) is 20.2. The summed E-state index contributed by atoms with van der Waals surface area (Å²) in [4.78, 5) is 0.373. The van der Waals surface area contributed by atoms with Crippen molar-refractivity contribution in [2.45, 2.75) is 26.7 Å². The Morgan fingerprint density at radius 2 is 1.64 bits per heavy atom. The van der Waals surface area contributed by atoms with Crippen molar-refractivity contribution in [1.82, 2.24) is 0 Å². The number of fused-ring (bicyclic) bond motifs is 1. The molecule has 0 spiro atoms. The Labute approximate surface area is 195 Å². The zero-order valence-corrected chi connectivity index (χ0v) is 20.0. The number of nitrogens with two attached hydrogens (primary N) is 1. The van der Waals surface area contributed by atoms with Gasteiger partial charge in [-0.2, -0.15) is 10.6 Å². The van der Waals surface area contributed by atoms with Crippen molar-refractivity contribution in [2.24, 2.45) is 5.73 Å². The van der Waals surface area contributed by atoms with Crippen molar-refractivity contribution in [3.05, 3.63) is 83.4 Å². The Morgan fingerprint density at radius 3 is 2.27 bits per heavy atom. The van der Waals surface area contributed by atoms with Gasteiger partial charge in [-0.1, -0.05) is 36.4 Å². The largest absolute Gasteiger partial charge is 0.493 e. The van der Waals surface area contributed by atoms with E-state index in [1.807, 2.05) is 18.2 Å². The first-order chi connectivity index (χ1) is 15.7. The maximum absolute atomic E-state index is 13.7. The molecule has 0 amide bonds. The summed E-state index contributed by atoms with van der Waals surface area (Å²) in [6.07, 6.45) is 0.372. The minimum absolute atomic E-state index is 0.123. The molecule has 0 saturated heterocycles. The average molecular weight is 490 g/mol. The molecular formula is C24H27NO6S2. The van der Waals surface area contributed by atoms with Crippen LogP contribution in [0.25, 0.3) is 0 Å². The third kappa shape index (κ3) is 4.00. The fourth-order valence-electron chi connectivity index (χ4n) is 4.43. The van der Waals surface area contributed by atoms with Crippen molar-refractivity contribution in [3.8, 4) is 11.5 Å². The van der Waals surface area contributed by atoms with Crippen LogP contribution in [0.15, 0.2) is 76.5 Å². The number of hydrogen-bond acceptors (Lipinski definition) is 7. The first-order valence-corrected chi connectivity index (χ1v) is 13.5. The molecule has 0 radical (unpaired) electrons. The summed E-state index contributed by atoms with van der Waals surface area (Å²) in [5.41, 5.74) is 7.92. The number of sulfone groups is 1. The van der Waals surface area contributed by atoms with E-state index >= 15 is 0 Å². The highest BCUT2D eigenvalue weighted by Crippen LogP contribution is 2.66. The van der Waals surface area contributed by atoms with Crippen molar-refractivity contribution >= 4 is 20.4 Å². The second-order valence-electron chi connectivity index (χ2n) is 7.84. The van der Waals surface area contributed by atoms with E-state index in [-0.39, 0.29) is 16.3 Å². The minimum atomic E-state index is -3.95. The van der Waals surface area contributed by atoms with Crippen LogP contribution in [0.3, 0.4) is 0 Å². The molecule has 1 aliphatic rings. The molecule has 0 saturated carbocycles. The maximum Gasteiger partial charge on any atom is 0.187 e. The van der Waals surface area contributed by atoms with Gasteiger partial charge in [-0.05, 0) is 53.4 Å². The zero-order chi connectivity index (χ0) is 23.8. The molecule has 7 nitrogen and oxygen atoms in total. The molecule has 0 aromatic heterocycles. The highest BCUT2D eigenvalue weighted by molar-refractivity contribution is 8.25. The van der Waals surface area contributed by atoms with Crippen LogP contribution >= 0.6 is 10.6 Å². The monoisotopic (exact) mass is 489 g/mol. The van der Waals surface area contributed by atoms with Gasteiger partial charge >= 0.3 is 0 Å². The third-order valence-electron chi connectivity index (χ3n) is 6.01. The Bertz CT molecular complexity index is 1260. The Kier molecular flexibility index (Phi) is 6.43. The molecular weight excluding hydrogens is 462 g/mol. The molecule has 1 heterocycles. The lowest BCUT2D eigenvalue weighted by Crippen LogP contribution is -2.32. The standard InChI is InChI=1S/C24H27NO6S2/c1-30-19-12-11-16(14-20(19)31-2)13-17-7-6-10-21-23(17)24(22(15-25)33(21,28)29)32(26,27)18-8-4-3-5-9-18/h3-12,14,22,24,28-29H,13,15,25H2,1-2H3. The van der Waals surface area contributed by atoms with Gasteiger partial charge < -0.3 is 15.2 Å². The number of methoxy groups -OCH3 is 2. The summed E-state index contributed by atoms with van der Waals surface area (Å²) in [7, 11) is -4.27. The van der Waals surface area contributed by atoms with Gasteiger partial charge in [0.1, 0.15) is 5.25 Å². The highest BCUT2D eigenvalue weighted by atomic mass is 32.3. The van der Waals surface area contributed by atoms with E-state index in [9.17, 15) is 17.5 Å². The predicted molar refractivity (Wildman–Crippen MR) is 129 cm³/mol. The SMILES string of the molecule is COc1ccc(Cc2cccc3c2C(S(=O)(=O)c2ccccc2)C(CN)S3(O)O)cc1OC. The van der Waals surface area contributed by atoms with E-state index in [2.05, 4.69) is 0 Å². The van der Waals surface area contributed by atoms with Crippen molar-refractivity contribution in [2.75, 3.05) is 20.8 Å². The predicted octanol–water partition coefficient (Wildman–Crippen LogP) is 4.26. The van der Waals surface area contributed by atoms with Gasteiger partial charge in [0.05, 0.1) is 29.3 Å². The maximum atomic E-state index is 13.7. The molecule has 1 aliphatic heterocycles. The quantitative estimate of drug-likeness (QED) is 0.454. The van der Waals surface area contributed by atoms with Gasteiger partial charge in [0.15, 0.2) is 21.3 Å². The van der Waals surface area contributed by atoms with Crippen LogP contribution in [-0.4, -0.2) is 43.5 Å². The Hall–Kier alpha value is -2.56. The number of hydrogen-bond donors (Lipinski definition) is 3. The number of benzene rings is 3. The van der Waals surface area contributed by atoms with Gasteiger partial charge in [0.2, 0.25) is 0 Å². The Morgan fingerprint density at radius 1 is 0.939 bits per heavy atom. The molecule has 0 fully saturated rings. The Balaban J connectivity index is 1.87. The molecule has 3 aromatic carbocycles. The number of rotatable bonds is 7. The molecule has 4 N–H and O–H groups in total. The van der Waals surface area contributed by atoms with E-state index in [4.69, 9.17) is 15.2 Å². The summed E-state index contributed by atoms with van der Waals surface area (Å²) in [5, 5.41) is -2.20. The van der Waals surface area contributed by atoms with Crippen LogP contribution in [0, 0.1) is 0 Å². The average Bonchev–Trinajstić information content (AvgIpc) is 3.07. The van der Waals surface area contributed by atoms with E-state index in [1.165, 1.54) is 12.1 Å². The lowest BCUT2D eigenvalue weighted by molar-refractivity contribution is 0.354. The van der Waals surface area contributed by atoms with E-state index in [0.717, 1.165) is 5.56 Å². The fourth-order valence-corrected chi connectivity index (χ4v) is 9.27. The minimum Gasteiger partial charge on any atom is -0.493 e. The van der Waals surface area contributed by atoms with Crippen molar-refractivity contribution in [1.29, 1.82) is 0 Å². The van der Waals surface area contributed by atoms with Gasteiger partial charge in [-0.3, -0.25) is 9.11 Å². The molecule has 2 unspecified atom stereocenters. The molecule has 3 aromatic rings. The van der Waals surface area contributed by atoms with Gasteiger partial charge in [-0.15, -0.1) is 0 Å². The van der Waals surface area contributed by atoms with Gasteiger partial charge in [-0.25, -0.2) is 8.42 Å². The molecule has 0 bridgehead atoms. The molecule has 0 aliphatic carbocycles. The van der Waals surface area contributed by atoms with Crippen LogP contribution in [0.1, 0.15) is 21.9 Å². The zero-order valence-electron chi connectivity index (χ0n) is 18.3. The molecule has 9 heteroatoms. The molecule has 33 heavy (non-hydrogen) atoms. The van der Waals surface area contributed by atoms with Gasteiger partial charge in [0.25, 0.3) is 0 Å². The van der Waals surface area contributed by atoms with E-state index in [0.29, 0.717) is 29.0 Å². The lowest BCUT2D eigenvalue weighted by Gasteiger charge is -2.35. The molecule has 4 rings (SSSR count). The summed E-state index contributed by atoms with van der Waals surface area (Å²) in [6, 6.07) is 18.7. The topological polar surface area (TPSA) is 119 Å². The van der Waals surface area contributed by atoms with Crippen molar-refractivity contribution < 1.29 is 27.0 Å². The first kappa shape index (κ1) is 23.6. The number of ether oxygens (including phenoxy) is 2. The summed E-state index contributed by atoms with van der Waals surface area (Å²) in [6.45, 7) is -0.177. The molecule has 176 valence electrons. The second-order valence-corrected chi connectivity index (χ2v) is 12.1. The highest BCUT2D eigenvalue weighted by Gasteiger charge is 2.51. The van der Waals surface area contributed by atoms with Crippen LogP contribution in [0.2, 0.25) is 0 Å². The first-order valence-electron chi connectivity index (χ1n) is 10.3. The van der Waals surface area contributed by atoms with Crippen LogP contribution in [0.4, 0.5) is 0 Å². The lowest BCUT2D eigenvalue weighted by atomic mass is 9.96. The fraction of sp³-hybridized carbons (Fsp3) is 0.250. The third-order valence-corrected chi connectivity index (χ3v) is 10.7. The van der Waals surface area contributed by atoms with Crippen molar-refractivity contribution in [3.63, 3.8) is 0 Å². The smallest absolute Gasteiger partial charge is 0.187 e. The van der Waals surface area contributed by atoms with Crippen LogP contribution in [-0.2, 0) is 16.3 Å². The van der Waals surface area contributed by atoms with Crippen LogP contribution < -0.4 is 15.2 Å². The van der Waals surface area contributed by atoms with E-state index < -0.39 is 30.9 Å².